The van der Waals surface area contributed by atoms with Crippen LogP contribution in [0.15, 0.2) is 5.51 Å². The third kappa shape index (κ3) is 4.43. The van der Waals surface area contributed by atoms with E-state index in [0.29, 0.717) is 19.0 Å². The predicted molar refractivity (Wildman–Crippen MR) is 103 cm³/mol. The van der Waals surface area contributed by atoms with Crippen molar-refractivity contribution < 1.29 is 9.59 Å². The molecule has 3 rings (SSSR count). The minimum absolute atomic E-state index is 0.0390. The highest BCUT2D eigenvalue weighted by molar-refractivity contribution is 7.11. The maximum Gasteiger partial charge on any atom is 0.265 e. The minimum atomic E-state index is -0.136. The summed E-state index contributed by atoms with van der Waals surface area (Å²) in [7, 11) is 0. The van der Waals surface area contributed by atoms with E-state index in [1.54, 1.807) is 5.51 Å². The van der Waals surface area contributed by atoms with Crippen LogP contribution >= 0.6 is 11.3 Å². The van der Waals surface area contributed by atoms with E-state index in [1.807, 2.05) is 4.90 Å². The number of aromatic nitrogens is 1. The van der Waals surface area contributed by atoms with Crippen molar-refractivity contribution in [2.24, 2.45) is 5.92 Å². The summed E-state index contributed by atoms with van der Waals surface area (Å²) in [5.74, 6) is 0.512. The fraction of sp³-hybridized carbons (Fsp3) is 0.737. The topological polar surface area (TPSA) is 74.3 Å². The Balaban J connectivity index is 1.57. The SMILES string of the molecule is CC(C)(C)c1ncsc1C(=O)N1CCCC(CNC(=O)C2CCCN2)C1. The molecule has 0 aliphatic carbocycles. The number of carbonyl (C=O) groups is 2. The molecule has 2 N–H and O–H groups in total. The molecular weight excluding hydrogens is 348 g/mol. The first-order valence-corrected chi connectivity index (χ1v) is 10.5. The first kappa shape index (κ1) is 19.3. The molecule has 1 aromatic rings. The summed E-state index contributed by atoms with van der Waals surface area (Å²) in [4.78, 5) is 32.3. The molecule has 1 aromatic heterocycles. The second kappa shape index (κ2) is 8.05. The van der Waals surface area contributed by atoms with Gasteiger partial charge >= 0.3 is 0 Å². The Hall–Kier alpha value is -1.47. The lowest BCUT2D eigenvalue weighted by Crippen LogP contribution is -2.46. The van der Waals surface area contributed by atoms with E-state index in [1.165, 1.54) is 11.3 Å². The lowest BCUT2D eigenvalue weighted by molar-refractivity contribution is -0.123. The second-order valence-electron chi connectivity index (χ2n) is 8.43. The van der Waals surface area contributed by atoms with Crippen LogP contribution in [0.1, 0.15) is 61.8 Å². The van der Waals surface area contributed by atoms with E-state index in [4.69, 9.17) is 0 Å². The Labute approximate surface area is 159 Å². The fourth-order valence-electron chi connectivity index (χ4n) is 3.77. The Kier molecular flexibility index (Phi) is 5.97. The van der Waals surface area contributed by atoms with E-state index in [9.17, 15) is 9.59 Å². The minimum Gasteiger partial charge on any atom is -0.354 e. The van der Waals surface area contributed by atoms with Gasteiger partial charge in [0, 0.05) is 25.0 Å². The number of piperidine rings is 1. The zero-order valence-electron chi connectivity index (χ0n) is 16.0. The van der Waals surface area contributed by atoms with Crippen LogP contribution in [-0.4, -0.2) is 53.9 Å². The molecule has 2 aliphatic rings. The molecule has 3 heterocycles. The summed E-state index contributed by atoms with van der Waals surface area (Å²) in [6, 6.07) is -0.0390. The number of nitrogens with one attached hydrogen (secondary N) is 2. The predicted octanol–water partition coefficient (Wildman–Crippen LogP) is 2.16. The van der Waals surface area contributed by atoms with Crippen LogP contribution in [0.2, 0.25) is 0 Å². The van der Waals surface area contributed by atoms with Gasteiger partial charge in [-0.25, -0.2) is 4.98 Å². The standard InChI is InChI=1S/C19H30N4O2S/c1-19(2,3)16-15(26-12-22-16)18(25)23-9-5-6-13(11-23)10-21-17(24)14-7-4-8-20-14/h12-14,20H,4-11H2,1-3H3,(H,21,24). The molecular formula is C19H30N4O2S. The Morgan fingerprint density at radius 3 is 2.85 bits per heavy atom. The van der Waals surface area contributed by atoms with E-state index in [0.717, 1.165) is 49.3 Å². The van der Waals surface area contributed by atoms with Crippen molar-refractivity contribution in [3.63, 3.8) is 0 Å². The molecule has 0 saturated carbocycles. The van der Waals surface area contributed by atoms with Crippen LogP contribution in [0, 0.1) is 5.92 Å². The Morgan fingerprint density at radius 1 is 1.35 bits per heavy atom. The normalized spacial score (nSPS) is 23.9. The molecule has 2 saturated heterocycles. The van der Waals surface area contributed by atoms with Crippen LogP contribution in [0.25, 0.3) is 0 Å². The van der Waals surface area contributed by atoms with Crippen molar-refractivity contribution in [3.05, 3.63) is 16.1 Å². The van der Waals surface area contributed by atoms with Gasteiger partial charge in [0.05, 0.1) is 17.2 Å². The number of likely N-dealkylation sites (tertiary alicyclic amines) is 1. The smallest absolute Gasteiger partial charge is 0.265 e. The van der Waals surface area contributed by atoms with Crippen molar-refractivity contribution in [1.82, 2.24) is 20.5 Å². The number of thiazole rings is 1. The van der Waals surface area contributed by atoms with Gasteiger partial charge in [0.1, 0.15) is 4.88 Å². The van der Waals surface area contributed by atoms with Crippen LogP contribution in [0.4, 0.5) is 0 Å². The molecule has 7 heteroatoms. The zero-order valence-corrected chi connectivity index (χ0v) is 16.8. The van der Waals surface area contributed by atoms with Gasteiger partial charge in [-0.2, -0.15) is 0 Å². The summed E-state index contributed by atoms with van der Waals surface area (Å²) < 4.78 is 0. The quantitative estimate of drug-likeness (QED) is 0.842. The molecule has 144 valence electrons. The molecule has 26 heavy (non-hydrogen) atoms. The highest BCUT2D eigenvalue weighted by atomic mass is 32.1. The summed E-state index contributed by atoms with van der Waals surface area (Å²) in [6.07, 6.45) is 4.02. The summed E-state index contributed by atoms with van der Waals surface area (Å²) in [5.41, 5.74) is 2.52. The Morgan fingerprint density at radius 2 is 2.15 bits per heavy atom. The average Bonchev–Trinajstić information content (AvgIpc) is 3.30. The van der Waals surface area contributed by atoms with Crippen LogP contribution < -0.4 is 10.6 Å². The number of hydrogen-bond acceptors (Lipinski definition) is 5. The third-order valence-corrected chi connectivity index (χ3v) is 6.03. The van der Waals surface area contributed by atoms with Crippen molar-refractivity contribution in [2.75, 3.05) is 26.2 Å². The van der Waals surface area contributed by atoms with E-state index < -0.39 is 0 Å². The highest BCUT2D eigenvalue weighted by Gasteiger charge is 2.31. The zero-order chi connectivity index (χ0) is 18.7. The van der Waals surface area contributed by atoms with Crippen LogP contribution in [0.3, 0.4) is 0 Å². The molecule has 0 radical (unpaired) electrons. The first-order chi connectivity index (χ1) is 12.4. The lowest BCUT2D eigenvalue weighted by atomic mass is 9.90. The number of nitrogens with zero attached hydrogens (tertiary/aromatic N) is 2. The third-order valence-electron chi connectivity index (χ3n) is 5.22. The molecule has 0 bridgehead atoms. The molecule has 2 amide bonds. The number of rotatable bonds is 4. The molecule has 0 aromatic carbocycles. The van der Waals surface area contributed by atoms with Crippen molar-refractivity contribution in [1.29, 1.82) is 0 Å². The van der Waals surface area contributed by atoms with Gasteiger partial charge in [-0.3, -0.25) is 9.59 Å². The number of hydrogen-bond donors (Lipinski definition) is 2. The molecule has 2 aliphatic heterocycles. The van der Waals surface area contributed by atoms with Crippen LogP contribution in [0.5, 0.6) is 0 Å². The largest absolute Gasteiger partial charge is 0.354 e. The lowest BCUT2D eigenvalue weighted by Gasteiger charge is -2.33. The second-order valence-corrected chi connectivity index (χ2v) is 9.29. The van der Waals surface area contributed by atoms with Gasteiger partial charge < -0.3 is 15.5 Å². The molecule has 2 atom stereocenters. The molecule has 2 fully saturated rings. The van der Waals surface area contributed by atoms with Gasteiger partial charge in [-0.05, 0) is 38.1 Å². The van der Waals surface area contributed by atoms with Crippen molar-refractivity contribution in [3.8, 4) is 0 Å². The molecule has 0 spiro atoms. The first-order valence-electron chi connectivity index (χ1n) is 9.60. The highest BCUT2D eigenvalue weighted by Crippen LogP contribution is 2.29. The monoisotopic (exact) mass is 378 g/mol. The van der Waals surface area contributed by atoms with Gasteiger partial charge in [0.25, 0.3) is 5.91 Å². The Bertz CT molecular complexity index is 646. The van der Waals surface area contributed by atoms with E-state index >= 15 is 0 Å². The van der Waals surface area contributed by atoms with Crippen LogP contribution in [-0.2, 0) is 10.2 Å². The fourth-order valence-corrected chi connectivity index (χ4v) is 4.73. The maximum absolute atomic E-state index is 13.0. The summed E-state index contributed by atoms with van der Waals surface area (Å²) >= 11 is 1.43. The van der Waals surface area contributed by atoms with Gasteiger partial charge in [0.15, 0.2) is 0 Å². The maximum atomic E-state index is 13.0. The van der Waals surface area contributed by atoms with E-state index in [2.05, 4.69) is 36.4 Å². The van der Waals surface area contributed by atoms with Crippen molar-refractivity contribution in [2.45, 2.75) is 57.9 Å². The average molecular weight is 379 g/mol. The summed E-state index contributed by atoms with van der Waals surface area (Å²) in [6.45, 7) is 9.33. The van der Waals surface area contributed by atoms with E-state index in [-0.39, 0.29) is 23.3 Å². The van der Waals surface area contributed by atoms with Gasteiger partial charge in [0.2, 0.25) is 5.91 Å². The molecule has 2 unspecified atom stereocenters. The number of carbonyl (C=O) groups excluding carboxylic acids is 2. The van der Waals surface area contributed by atoms with Crippen molar-refractivity contribution >= 4 is 23.2 Å². The van der Waals surface area contributed by atoms with Gasteiger partial charge in [-0.1, -0.05) is 20.8 Å². The van der Waals surface area contributed by atoms with Gasteiger partial charge in [-0.15, -0.1) is 11.3 Å². The molecule has 6 nitrogen and oxygen atoms in total. The summed E-state index contributed by atoms with van der Waals surface area (Å²) in [5, 5.41) is 6.30. The number of amides is 2.